The molecule has 0 saturated carbocycles. The van der Waals surface area contributed by atoms with Crippen molar-refractivity contribution in [2.45, 2.75) is 13.8 Å². The van der Waals surface area contributed by atoms with Gasteiger partial charge in [-0.15, -0.1) is 0 Å². The molecular weight excluding hydrogens is 426 g/mol. The summed E-state index contributed by atoms with van der Waals surface area (Å²) in [5.74, 6) is 0.997. The lowest BCUT2D eigenvalue weighted by atomic mass is 10.1. The lowest BCUT2D eigenvalue weighted by Crippen LogP contribution is -2.17. The van der Waals surface area contributed by atoms with Gasteiger partial charge in [-0.05, 0) is 79.6 Å². The van der Waals surface area contributed by atoms with Crippen molar-refractivity contribution in [3.05, 3.63) is 102 Å². The molecule has 6 heteroatoms. The van der Waals surface area contributed by atoms with Crippen LogP contribution in [0.15, 0.2) is 90.0 Å². The zero-order valence-electron chi connectivity index (χ0n) is 19.5. The molecule has 0 spiro atoms. The van der Waals surface area contributed by atoms with Crippen LogP contribution in [0.25, 0.3) is 16.9 Å². The monoisotopic (exact) mass is 453 g/mol. The zero-order chi connectivity index (χ0) is 23.9. The molecule has 172 valence electrons. The Morgan fingerprint density at radius 3 is 2.44 bits per heavy atom. The molecule has 1 amide bonds. The Morgan fingerprint density at radius 1 is 0.971 bits per heavy atom. The van der Waals surface area contributed by atoms with E-state index >= 15 is 0 Å². The summed E-state index contributed by atoms with van der Waals surface area (Å²) in [6.07, 6.45) is 1.57. The van der Waals surface area contributed by atoms with Crippen molar-refractivity contribution in [2.75, 3.05) is 13.7 Å². The number of carbonyl (C=O) groups excluding carboxylic acids is 1. The van der Waals surface area contributed by atoms with E-state index in [2.05, 4.69) is 46.3 Å². The van der Waals surface area contributed by atoms with Gasteiger partial charge in [0.25, 0.3) is 5.91 Å². The van der Waals surface area contributed by atoms with Gasteiger partial charge < -0.3 is 14.0 Å². The van der Waals surface area contributed by atoms with Gasteiger partial charge in [0, 0.05) is 16.9 Å². The van der Waals surface area contributed by atoms with Crippen molar-refractivity contribution in [3.8, 4) is 28.4 Å². The molecule has 0 bridgehead atoms. The Balaban J connectivity index is 1.47. The van der Waals surface area contributed by atoms with E-state index < -0.39 is 0 Å². The highest BCUT2D eigenvalue weighted by atomic mass is 16.5. The fourth-order valence-electron chi connectivity index (χ4n) is 3.75. The molecule has 0 unspecified atom stereocenters. The molecule has 4 aromatic rings. The third-order valence-corrected chi connectivity index (χ3v) is 5.40. The topological polar surface area (TPSA) is 64.8 Å². The van der Waals surface area contributed by atoms with E-state index in [0.717, 1.165) is 28.2 Å². The number of aryl methyl sites for hydroxylation is 1. The van der Waals surface area contributed by atoms with Crippen molar-refractivity contribution in [1.82, 2.24) is 9.99 Å². The van der Waals surface area contributed by atoms with Gasteiger partial charge >= 0.3 is 0 Å². The predicted molar refractivity (Wildman–Crippen MR) is 135 cm³/mol. The van der Waals surface area contributed by atoms with E-state index in [0.29, 0.717) is 23.7 Å². The van der Waals surface area contributed by atoms with Gasteiger partial charge in [0.1, 0.15) is 0 Å². The quantitative estimate of drug-likeness (QED) is 0.278. The summed E-state index contributed by atoms with van der Waals surface area (Å²) >= 11 is 0. The molecule has 4 rings (SSSR count). The Bertz CT molecular complexity index is 1290. The van der Waals surface area contributed by atoms with E-state index in [4.69, 9.17) is 9.47 Å². The second-order valence-electron chi connectivity index (χ2n) is 7.65. The maximum atomic E-state index is 12.6. The van der Waals surface area contributed by atoms with Crippen molar-refractivity contribution in [2.24, 2.45) is 5.10 Å². The van der Waals surface area contributed by atoms with Crippen LogP contribution in [0, 0.1) is 6.92 Å². The molecule has 1 heterocycles. The average molecular weight is 454 g/mol. The minimum absolute atomic E-state index is 0.283. The minimum atomic E-state index is -0.283. The molecule has 0 saturated heterocycles. The number of hydrazone groups is 1. The highest BCUT2D eigenvalue weighted by molar-refractivity contribution is 5.95. The molecule has 6 nitrogen and oxygen atoms in total. The van der Waals surface area contributed by atoms with Gasteiger partial charge in [-0.3, -0.25) is 4.79 Å². The number of nitrogens with zero attached hydrogens (tertiary/aromatic N) is 2. The molecule has 1 N–H and O–H groups in total. The Kier molecular flexibility index (Phi) is 7.08. The lowest BCUT2D eigenvalue weighted by molar-refractivity contribution is 0.0955. The number of benzene rings is 3. The SMILES string of the molecule is CCOc1cc(/C=N/NC(=O)c2ccc(-n3c(C)ccc3-c3ccccc3)cc2)ccc1OC. The summed E-state index contributed by atoms with van der Waals surface area (Å²) in [4.78, 5) is 12.6. The minimum Gasteiger partial charge on any atom is -0.493 e. The van der Waals surface area contributed by atoms with E-state index in [9.17, 15) is 4.79 Å². The summed E-state index contributed by atoms with van der Waals surface area (Å²) < 4.78 is 13.0. The second-order valence-corrected chi connectivity index (χ2v) is 7.65. The third kappa shape index (κ3) is 5.02. The highest BCUT2D eigenvalue weighted by Gasteiger charge is 2.11. The molecule has 0 radical (unpaired) electrons. The van der Waals surface area contributed by atoms with Crippen LogP contribution in [0.1, 0.15) is 28.5 Å². The van der Waals surface area contributed by atoms with E-state index in [1.54, 1.807) is 31.5 Å². The first kappa shape index (κ1) is 22.9. The van der Waals surface area contributed by atoms with Crippen LogP contribution >= 0.6 is 0 Å². The van der Waals surface area contributed by atoms with Gasteiger partial charge in [0.2, 0.25) is 0 Å². The normalized spacial score (nSPS) is 10.9. The fourth-order valence-corrected chi connectivity index (χ4v) is 3.75. The van der Waals surface area contributed by atoms with Crippen LogP contribution in [0.3, 0.4) is 0 Å². The Hall–Kier alpha value is -4.32. The fraction of sp³-hybridized carbons (Fsp3) is 0.143. The molecule has 1 aromatic heterocycles. The van der Waals surface area contributed by atoms with Crippen molar-refractivity contribution < 1.29 is 14.3 Å². The molecular formula is C28H27N3O3. The highest BCUT2D eigenvalue weighted by Crippen LogP contribution is 2.28. The third-order valence-electron chi connectivity index (χ3n) is 5.40. The number of hydrogen-bond donors (Lipinski definition) is 1. The number of methoxy groups -OCH3 is 1. The summed E-state index contributed by atoms with van der Waals surface area (Å²) in [5.41, 5.74) is 8.24. The predicted octanol–water partition coefficient (Wildman–Crippen LogP) is 5.62. The standard InChI is InChI=1S/C28H27N3O3/c1-4-34-27-18-21(11-17-26(27)33-3)19-29-30-28(32)23-12-14-24(15-13-23)31-20(2)10-16-25(31)22-8-6-5-7-9-22/h5-19H,4H2,1-3H3,(H,30,32)/b29-19+. The first-order valence-electron chi connectivity index (χ1n) is 11.1. The van der Waals surface area contributed by atoms with Crippen LogP contribution in [0.5, 0.6) is 11.5 Å². The number of rotatable bonds is 8. The van der Waals surface area contributed by atoms with Gasteiger partial charge in [0.15, 0.2) is 11.5 Å². The number of amides is 1. The Labute approximate surface area is 199 Å². The van der Waals surface area contributed by atoms with Crippen LogP contribution in [-0.2, 0) is 0 Å². The van der Waals surface area contributed by atoms with Gasteiger partial charge in [0.05, 0.1) is 25.6 Å². The Morgan fingerprint density at radius 2 is 1.74 bits per heavy atom. The number of nitrogens with one attached hydrogen (secondary N) is 1. The van der Waals surface area contributed by atoms with Crippen LogP contribution in [0.2, 0.25) is 0 Å². The van der Waals surface area contributed by atoms with E-state index in [1.165, 1.54) is 0 Å². The van der Waals surface area contributed by atoms with Crippen LogP contribution in [0.4, 0.5) is 0 Å². The van der Waals surface area contributed by atoms with Crippen LogP contribution in [-0.4, -0.2) is 30.4 Å². The van der Waals surface area contributed by atoms with Gasteiger partial charge in [-0.2, -0.15) is 5.10 Å². The number of ether oxygens (including phenoxy) is 2. The number of hydrogen-bond acceptors (Lipinski definition) is 4. The summed E-state index contributed by atoms with van der Waals surface area (Å²) in [5, 5.41) is 4.09. The summed E-state index contributed by atoms with van der Waals surface area (Å²) in [6, 6.07) is 27.4. The maximum absolute atomic E-state index is 12.6. The second kappa shape index (κ2) is 10.5. The summed E-state index contributed by atoms with van der Waals surface area (Å²) in [7, 11) is 1.59. The molecule has 0 aliphatic carbocycles. The first-order chi connectivity index (χ1) is 16.6. The lowest BCUT2D eigenvalue weighted by Gasteiger charge is -2.12. The van der Waals surface area contributed by atoms with Crippen LogP contribution < -0.4 is 14.9 Å². The first-order valence-corrected chi connectivity index (χ1v) is 11.1. The number of carbonyl (C=O) groups is 1. The average Bonchev–Trinajstić information content (AvgIpc) is 3.26. The molecule has 0 fully saturated rings. The largest absolute Gasteiger partial charge is 0.493 e. The van der Waals surface area contributed by atoms with E-state index in [1.807, 2.05) is 49.4 Å². The molecule has 3 aromatic carbocycles. The zero-order valence-corrected chi connectivity index (χ0v) is 19.5. The maximum Gasteiger partial charge on any atom is 0.271 e. The molecule has 0 aliphatic rings. The smallest absolute Gasteiger partial charge is 0.271 e. The molecule has 0 aliphatic heterocycles. The van der Waals surface area contributed by atoms with Crippen molar-refractivity contribution in [1.29, 1.82) is 0 Å². The van der Waals surface area contributed by atoms with Gasteiger partial charge in [-0.25, -0.2) is 5.43 Å². The molecule has 34 heavy (non-hydrogen) atoms. The van der Waals surface area contributed by atoms with Crippen molar-refractivity contribution >= 4 is 12.1 Å². The van der Waals surface area contributed by atoms with Gasteiger partial charge in [-0.1, -0.05) is 30.3 Å². The number of aromatic nitrogens is 1. The van der Waals surface area contributed by atoms with Crippen molar-refractivity contribution in [3.63, 3.8) is 0 Å². The summed E-state index contributed by atoms with van der Waals surface area (Å²) in [6.45, 7) is 4.50. The molecule has 0 atom stereocenters. The van der Waals surface area contributed by atoms with E-state index in [-0.39, 0.29) is 5.91 Å².